The number of carbonyl (C=O) groups is 2. The molecule has 2 aromatic carbocycles. The zero-order valence-corrected chi connectivity index (χ0v) is 30.4. The van der Waals surface area contributed by atoms with Gasteiger partial charge < -0.3 is 19.3 Å². The Morgan fingerprint density at radius 1 is 0.907 bits per heavy atom. The first-order chi connectivity index (χ1) is 25.8. The first-order valence-corrected chi connectivity index (χ1v) is 18.4. The predicted octanol–water partition coefficient (Wildman–Crippen LogP) is 6.87. The molecule has 3 aliphatic rings. The molecule has 6 heterocycles. The highest BCUT2D eigenvalue weighted by Gasteiger charge is 2.43. The van der Waals surface area contributed by atoms with Gasteiger partial charge in [-0.3, -0.25) is 9.48 Å². The van der Waals surface area contributed by atoms with E-state index < -0.39 is 17.7 Å². The first kappa shape index (κ1) is 35.8. The van der Waals surface area contributed by atoms with Crippen molar-refractivity contribution in [1.29, 1.82) is 0 Å². The maximum absolute atomic E-state index is 13.2. The molecule has 2 fully saturated rings. The maximum atomic E-state index is 13.2. The molecule has 16 heteroatoms. The normalized spacial score (nSPS) is 18.6. The van der Waals surface area contributed by atoms with Crippen LogP contribution in [0.2, 0.25) is 0 Å². The molecule has 3 aliphatic heterocycles. The quantitative estimate of drug-likeness (QED) is 0.191. The third-order valence-corrected chi connectivity index (χ3v) is 10.3. The van der Waals surface area contributed by atoms with Crippen LogP contribution in [0, 0.1) is 0 Å². The summed E-state index contributed by atoms with van der Waals surface area (Å²) in [6.07, 6.45) is 4.92. The summed E-state index contributed by atoms with van der Waals surface area (Å²) in [6.45, 7) is 7.31. The molecule has 54 heavy (non-hydrogen) atoms. The van der Waals surface area contributed by atoms with Crippen LogP contribution >= 0.6 is 0 Å². The number of hydrogen-bond acceptors (Lipinski definition) is 8. The van der Waals surface area contributed by atoms with Crippen molar-refractivity contribution < 1.29 is 32.2 Å². The minimum atomic E-state index is -4.92. The van der Waals surface area contributed by atoms with Crippen molar-refractivity contribution in [3.8, 4) is 28.2 Å². The van der Waals surface area contributed by atoms with Gasteiger partial charge in [-0.15, -0.1) is 5.10 Å². The van der Waals surface area contributed by atoms with Gasteiger partial charge in [0.2, 0.25) is 0 Å². The van der Waals surface area contributed by atoms with Crippen molar-refractivity contribution in [2.24, 2.45) is 0 Å². The van der Waals surface area contributed by atoms with Gasteiger partial charge in [0.05, 0.1) is 29.6 Å². The second-order valence-electron chi connectivity index (χ2n) is 15.2. The minimum Gasteiger partial charge on any atom is -0.444 e. The molecule has 0 saturated carbocycles. The third-order valence-electron chi connectivity index (χ3n) is 10.3. The van der Waals surface area contributed by atoms with E-state index in [9.17, 15) is 22.8 Å². The monoisotopic (exact) mass is 745 g/mol. The summed E-state index contributed by atoms with van der Waals surface area (Å²) in [7, 11) is 0. The van der Waals surface area contributed by atoms with Crippen molar-refractivity contribution >= 4 is 22.9 Å². The molecular formula is C38H42F3N9O4. The van der Waals surface area contributed by atoms with E-state index in [0.717, 1.165) is 64.6 Å². The second kappa shape index (κ2) is 13.9. The summed E-state index contributed by atoms with van der Waals surface area (Å²) in [6, 6.07) is 11.8. The summed E-state index contributed by atoms with van der Waals surface area (Å²) in [5.74, 6) is -1.83. The Bertz CT molecular complexity index is 2190. The highest BCUT2D eigenvalue weighted by atomic mass is 19.4. The number of benzene rings is 2. The van der Waals surface area contributed by atoms with E-state index in [1.807, 2.05) is 60.7 Å². The molecule has 2 saturated heterocycles. The predicted molar refractivity (Wildman–Crippen MR) is 191 cm³/mol. The highest BCUT2D eigenvalue weighted by molar-refractivity contribution is 5.95. The first-order valence-electron chi connectivity index (χ1n) is 18.4. The number of hydrogen-bond donors (Lipinski definition) is 0. The second-order valence-corrected chi connectivity index (χ2v) is 15.2. The van der Waals surface area contributed by atoms with E-state index >= 15 is 0 Å². The molecule has 13 nitrogen and oxygen atoms in total. The number of ether oxygens (including phenoxy) is 2. The van der Waals surface area contributed by atoms with Gasteiger partial charge in [-0.05, 0) is 100 Å². The number of amides is 2. The van der Waals surface area contributed by atoms with E-state index in [4.69, 9.17) is 19.7 Å². The highest BCUT2D eigenvalue weighted by Crippen LogP contribution is 2.36. The lowest BCUT2D eigenvalue weighted by Crippen LogP contribution is -2.43. The fourth-order valence-corrected chi connectivity index (χ4v) is 7.51. The van der Waals surface area contributed by atoms with Gasteiger partial charge in [-0.25, -0.2) is 14.2 Å². The topological polar surface area (TPSA) is 125 Å². The molecule has 0 N–H and O–H groups in total. The van der Waals surface area contributed by atoms with Crippen molar-refractivity contribution in [3.63, 3.8) is 0 Å². The number of likely N-dealkylation sites (tertiary alicyclic amines) is 1. The van der Waals surface area contributed by atoms with Crippen molar-refractivity contribution in [2.75, 3.05) is 26.2 Å². The number of carbonyl (C=O) groups excluding carboxylic acids is 2. The van der Waals surface area contributed by atoms with E-state index in [1.54, 1.807) is 21.8 Å². The van der Waals surface area contributed by atoms with Crippen LogP contribution in [0.15, 0.2) is 55.0 Å². The number of alkyl halides is 3. The average molecular weight is 746 g/mol. The van der Waals surface area contributed by atoms with Gasteiger partial charge in [0.15, 0.2) is 6.23 Å². The zero-order valence-electron chi connectivity index (χ0n) is 30.4. The molecule has 0 bridgehead atoms. The molecule has 0 radical (unpaired) electrons. The fraction of sp³-hybridized carbons (Fsp3) is 0.474. The molecule has 284 valence electrons. The van der Waals surface area contributed by atoms with Gasteiger partial charge in [0.25, 0.3) is 0 Å². The number of halogens is 3. The molecule has 0 aliphatic carbocycles. The van der Waals surface area contributed by atoms with Gasteiger partial charge in [0.1, 0.15) is 17.0 Å². The van der Waals surface area contributed by atoms with Crippen LogP contribution in [-0.2, 0) is 27.2 Å². The van der Waals surface area contributed by atoms with E-state index in [-0.39, 0.29) is 31.5 Å². The molecule has 3 aromatic heterocycles. The molecule has 1 atom stereocenters. The molecule has 2 amide bonds. The summed E-state index contributed by atoms with van der Waals surface area (Å²) in [4.78, 5) is 27.1. The number of aromatic nitrogens is 7. The lowest BCUT2D eigenvalue weighted by atomic mass is 9.99. The summed E-state index contributed by atoms with van der Waals surface area (Å²) >= 11 is 0. The number of fused-ring (bicyclic) bond motifs is 2. The summed E-state index contributed by atoms with van der Waals surface area (Å²) < 4.78 is 56.7. The number of rotatable bonds is 5. The molecular weight excluding hydrogens is 703 g/mol. The molecule has 0 spiro atoms. The number of piperidine rings is 1. The Morgan fingerprint density at radius 3 is 2.46 bits per heavy atom. The Hall–Kier alpha value is -5.25. The van der Waals surface area contributed by atoms with Crippen LogP contribution in [0.25, 0.3) is 39.1 Å². The third kappa shape index (κ3) is 7.18. The zero-order chi connectivity index (χ0) is 37.8. The van der Waals surface area contributed by atoms with Crippen molar-refractivity contribution in [2.45, 2.75) is 89.9 Å². The molecule has 8 rings (SSSR count). The van der Waals surface area contributed by atoms with Gasteiger partial charge >= 0.3 is 18.2 Å². The Morgan fingerprint density at radius 2 is 1.72 bits per heavy atom. The largest absolute Gasteiger partial charge is 0.471 e. The molecule has 5 aromatic rings. The number of nitrogens with zero attached hydrogens (tertiary/aromatic N) is 9. The maximum Gasteiger partial charge on any atom is 0.471 e. The lowest BCUT2D eigenvalue weighted by Gasteiger charge is -2.33. The van der Waals surface area contributed by atoms with Gasteiger partial charge in [0, 0.05) is 49.9 Å². The van der Waals surface area contributed by atoms with E-state index in [1.165, 1.54) is 0 Å². The van der Waals surface area contributed by atoms with Crippen LogP contribution in [0.3, 0.4) is 0 Å². The van der Waals surface area contributed by atoms with Crippen LogP contribution in [0.1, 0.15) is 76.3 Å². The Kier molecular flexibility index (Phi) is 9.18. The summed E-state index contributed by atoms with van der Waals surface area (Å²) in [5.41, 5.74) is 5.51. The Balaban J connectivity index is 1.07. The smallest absolute Gasteiger partial charge is 0.444 e. The lowest BCUT2D eigenvalue weighted by molar-refractivity contribution is -0.186. The van der Waals surface area contributed by atoms with Crippen LogP contribution in [0.4, 0.5) is 18.0 Å². The summed E-state index contributed by atoms with van der Waals surface area (Å²) in [5, 5.41) is 19.5. The van der Waals surface area contributed by atoms with Gasteiger partial charge in [-0.2, -0.15) is 23.4 Å². The van der Waals surface area contributed by atoms with Crippen LogP contribution in [-0.4, -0.2) is 94.4 Å². The fourth-order valence-electron chi connectivity index (χ4n) is 7.51. The average Bonchev–Trinajstić information content (AvgIpc) is 3.93. The molecule has 1 unspecified atom stereocenters. The minimum absolute atomic E-state index is 0.0105. The Labute approximate surface area is 309 Å². The van der Waals surface area contributed by atoms with Gasteiger partial charge in [-0.1, -0.05) is 17.3 Å². The van der Waals surface area contributed by atoms with Crippen molar-refractivity contribution in [3.05, 3.63) is 66.1 Å². The van der Waals surface area contributed by atoms with E-state index in [2.05, 4.69) is 22.4 Å². The standard InChI is InChI=1S/C38H42F3N9O4/c1-37(2,3)54-36(52)46-15-12-28(13-16-46)48-22-27(20-42-48)25-8-10-32-30(19-25)34(44-50(32)33-6-4-5-17-53-33)31-23-49(45-43-31)29-9-7-24-11-14-47(21-26(24)18-29)35(51)38(39,40)41/h7-10,18-20,22-23,28,33H,4-6,11-17,21H2,1-3H3. The van der Waals surface area contributed by atoms with Crippen molar-refractivity contribution in [1.82, 2.24) is 44.4 Å². The van der Waals surface area contributed by atoms with Crippen LogP contribution in [0.5, 0.6) is 0 Å². The van der Waals surface area contributed by atoms with Crippen LogP contribution < -0.4 is 0 Å². The SMILES string of the molecule is CC(C)(C)OC(=O)N1CCC(n2cc(-c3ccc4c(c3)c(-c3cn(-c5ccc6c(c5)CN(C(=O)C(F)(F)F)CC6)nn3)nn4C3CCCCO3)cn2)CC1. The van der Waals surface area contributed by atoms with E-state index in [0.29, 0.717) is 48.8 Å².